The third-order valence-corrected chi connectivity index (χ3v) is 3.15. The molecule has 88 valence electrons. The van der Waals surface area contributed by atoms with Crippen LogP contribution in [0.25, 0.3) is 10.6 Å². The van der Waals surface area contributed by atoms with Gasteiger partial charge in [0.05, 0.1) is 0 Å². The number of carbonyl (C=O) groups excluding carboxylic acids is 1. The largest absolute Gasteiger partial charge is 0.301 e. The Morgan fingerprint density at radius 3 is 2.94 bits per heavy atom. The molecule has 0 bridgehead atoms. The van der Waals surface area contributed by atoms with Gasteiger partial charge in [0.15, 0.2) is 0 Å². The summed E-state index contributed by atoms with van der Waals surface area (Å²) in [6.45, 7) is 3.84. The number of amides is 1. The molecule has 1 heterocycles. The van der Waals surface area contributed by atoms with E-state index in [-0.39, 0.29) is 5.91 Å². The monoisotopic (exact) mass is 247 g/mol. The lowest BCUT2D eigenvalue weighted by Crippen LogP contribution is -2.08. The van der Waals surface area contributed by atoms with Crippen LogP contribution in [-0.4, -0.2) is 16.1 Å². The van der Waals surface area contributed by atoms with Crippen LogP contribution < -0.4 is 5.32 Å². The van der Waals surface area contributed by atoms with Crippen LogP contribution in [0.5, 0.6) is 0 Å². The summed E-state index contributed by atoms with van der Waals surface area (Å²) in [7, 11) is 0. The quantitative estimate of drug-likeness (QED) is 0.907. The van der Waals surface area contributed by atoms with Gasteiger partial charge in [0.25, 0.3) is 0 Å². The van der Waals surface area contributed by atoms with Crippen LogP contribution in [0, 0.1) is 6.92 Å². The predicted octanol–water partition coefficient (Wildman–Crippen LogP) is 2.86. The predicted molar refractivity (Wildman–Crippen MR) is 69.0 cm³/mol. The second kappa shape index (κ2) is 5.05. The topological polar surface area (TPSA) is 54.9 Å². The molecule has 0 aliphatic carbocycles. The van der Waals surface area contributed by atoms with Crippen LogP contribution in [0.3, 0.4) is 0 Å². The molecule has 1 aromatic carbocycles. The molecule has 0 fully saturated rings. The van der Waals surface area contributed by atoms with Gasteiger partial charge in [-0.3, -0.25) is 4.79 Å². The van der Waals surface area contributed by atoms with Gasteiger partial charge in [0.2, 0.25) is 11.0 Å². The van der Waals surface area contributed by atoms with Gasteiger partial charge < -0.3 is 5.32 Å². The summed E-state index contributed by atoms with van der Waals surface area (Å²) in [4.78, 5) is 11.2. The molecule has 1 aromatic heterocycles. The maximum Gasteiger partial charge on any atom is 0.225 e. The van der Waals surface area contributed by atoms with Crippen LogP contribution >= 0.6 is 11.3 Å². The Morgan fingerprint density at radius 2 is 2.24 bits per heavy atom. The molecule has 2 rings (SSSR count). The van der Waals surface area contributed by atoms with Crippen molar-refractivity contribution < 1.29 is 4.79 Å². The summed E-state index contributed by atoms with van der Waals surface area (Å²) in [6, 6.07) is 8.05. The molecule has 17 heavy (non-hydrogen) atoms. The standard InChI is InChI=1S/C12H13N3OS/c1-3-10(16)13-12-15-14-11(17-12)9-6-4-5-8(2)7-9/h4-7H,3H2,1-2H3,(H,13,15,16). The Balaban J connectivity index is 2.21. The first-order valence-electron chi connectivity index (χ1n) is 5.39. The molecule has 0 radical (unpaired) electrons. The van der Waals surface area contributed by atoms with E-state index in [0.29, 0.717) is 11.6 Å². The van der Waals surface area contributed by atoms with Crippen molar-refractivity contribution in [2.75, 3.05) is 5.32 Å². The highest BCUT2D eigenvalue weighted by molar-refractivity contribution is 7.18. The number of carbonyl (C=O) groups is 1. The van der Waals surface area contributed by atoms with E-state index < -0.39 is 0 Å². The fourth-order valence-electron chi connectivity index (χ4n) is 1.38. The van der Waals surface area contributed by atoms with E-state index in [2.05, 4.69) is 15.5 Å². The highest BCUT2D eigenvalue weighted by Gasteiger charge is 2.08. The summed E-state index contributed by atoms with van der Waals surface area (Å²) in [5, 5.41) is 12.1. The lowest BCUT2D eigenvalue weighted by Gasteiger charge is -1.96. The van der Waals surface area contributed by atoms with Crippen LogP contribution in [-0.2, 0) is 4.79 Å². The maximum absolute atomic E-state index is 11.2. The van der Waals surface area contributed by atoms with Crippen LogP contribution in [0.4, 0.5) is 5.13 Å². The van der Waals surface area contributed by atoms with Crippen molar-refractivity contribution in [2.24, 2.45) is 0 Å². The van der Waals surface area contributed by atoms with Crippen LogP contribution in [0.15, 0.2) is 24.3 Å². The second-order valence-electron chi connectivity index (χ2n) is 3.68. The number of aryl methyl sites for hydroxylation is 1. The van der Waals surface area contributed by atoms with Gasteiger partial charge >= 0.3 is 0 Å². The van der Waals surface area contributed by atoms with E-state index in [0.717, 1.165) is 10.6 Å². The molecule has 1 N–H and O–H groups in total. The summed E-state index contributed by atoms with van der Waals surface area (Å²) in [6.07, 6.45) is 0.444. The number of anilines is 1. The normalized spacial score (nSPS) is 10.2. The first kappa shape index (κ1) is 11.7. The van der Waals surface area contributed by atoms with E-state index in [1.54, 1.807) is 6.92 Å². The minimum Gasteiger partial charge on any atom is -0.301 e. The average Bonchev–Trinajstić information content (AvgIpc) is 2.77. The van der Waals surface area contributed by atoms with Crippen molar-refractivity contribution in [1.29, 1.82) is 0 Å². The lowest BCUT2D eigenvalue weighted by molar-refractivity contribution is -0.115. The average molecular weight is 247 g/mol. The van der Waals surface area contributed by atoms with Gasteiger partial charge in [0.1, 0.15) is 5.01 Å². The molecule has 4 nitrogen and oxygen atoms in total. The number of rotatable bonds is 3. The molecule has 0 spiro atoms. The molecule has 0 saturated carbocycles. The minimum absolute atomic E-state index is 0.0445. The van der Waals surface area contributed by atoms with E-state index in [4.69, 9.17) is 0 Å². The van der Waals surface area contributed by atoms with Gasteiger partial charge in [-0.2, -0.15) is 0 Å². The molecule has 0 aliphatic rings. The highest BCUT2D eigenvalue weighted by Crippen LogP contribution is 2.26. The first-order chi connectivity index (χ1) is 8.19. The zero-order chi connectivity index (χ0) is 12.3. The number of aromatic nitrogens is 2. The van der Waals surface area contributed by atoms with E-state index in [1.807, 2.05) is 31.2 Å². The Morgan fingerprint density at radius 1 is 1.41 bits per heavy atom. The Bertz CT molecular complexity index is 536. The molecule has 2 aromatic rings. The van der Waals surface area contributed by atoms with Crippen molar-refractivity contribution >= 4 is 22.4 Å². The van der Waals surface area contributed by atoms with Gasteiger partial charge in [0, 0.05) is 12.0 Å². The van der Waals surface area contributed by atoms with E-state index in [9.17, 15) is 4.79 Å². The fraction of sp³-hybridized carbons (Fsp3) is 0.250. The number of hydrogen-bond acceptors (Lipinski definition) is 4. The van der Waals surface area contributed by atoms with Crippen molar-refractivity contribution in [3.63, 3.8) is 0 Å². The minimum atomic E-state index is -0.0445. The maximum atomic E-state index is 11.2. The van der Waals surface area contributed by atoms with Crippen molar-refractivity contribution in [2.45, 2.75) is 20.3 Å². The number of hydrogen-bond donors (Lipinski definition) is 1. The third kappa shape index (κ3) is 2.88. The summed E-state index contributed by atoms with van der Waals surface area (Å²) in [5.41, 5.74) is 2.20. The highest BCUT2D eigenvalue weighted by atomic mass is 32.1. The SMILES string of the molecule is CCC(=O)Nc1nnc(-c2cccc(C)c2)s1. The Kier molecular flexibility index (Phi) is 3.49. The molecule has 1 amide bonds. The molecule has 0 saturated heterocycles. The molecule has 0 aliphatic heterocycles. The van der Waals surface area contributed by atoms with Crippen LogP contribution in [0.2, 0.25) is 0 Å². The molecule has 0 unspecified atom stereocenters. The summed E-state index contributed by atoms with van der Waals surface area (Å²) >= 11 is 1.38. The van der Waals surface area contributed by atoms with Gasteiger partial charge in [-0.05, 0) is 13.0 Å². The second-order valence-corrected chi connectivity index (χ2v) is 4.66. The van der Waals surface area contributed by atoms with Crippen molar-refractivity contribution in [1.82, 2.24) is 10.2 Å². The van der Waals surface area contributed by atoms with Gasteiger partial charge in [-0.15, -0.1) is 10.2 Å². The first-order valence-corrected chi connectivity index (χ1v) is 6.21. The zero-order valence-corrected chi connectivity index (χ0v) is 10.5. The third-order valence-electron chi connectivity index (χ3n) is 2.26. The Labute approximate surface area is 104 Å². The van der Waals surface area contributed by atoms with Gasteiger partial charge in [-0.25, -0.2) is 0 Å². The lowest BCUT2D eigenvalue weighted by atomic mass is 10.1. The number of nitrogens with one attached hydrogen (secondary N) is 1. The molecular formula is C12H13N3OS. The van der Waals surface area contributed by atoms with Crippen LogP contribution in [0.1, 0.15) is 18.9 Å². The van der Waals surface area contributed by atoms with Crippen molar-refractivity contribution in [3.8, 4) is 10.6 Å². The smallest absolute Gasteiger partial charge is 0.225 e. The number of benzene rings is 1. The summed E-state index contributed by atoms with van der Waals surface area (Å²) in [5.74, 6) is -0.0445. The molecular weight excluding hydrogens is 234 g/mol. The number of nitrogens with zero attached hydrogens (tertiary/aromatic N) is 2. The summed E-state index contributed by atoms with van der Waals surface area (Å²) < 4.78 is 0. The van der Waals surface area contributed by atoms with Gasteiger partial charge in [-0.1, -0.05) is 42.0 Å². The van der Waals surface area contributed by atoms with E-state index >= 15 is 0 Å². The molecule has 5 heteroatoms. The van der Waals surface area contributed by atoms with E-state index in [1.165, 1.54) is 16.9 Å². The fourth-order valence-corrected chi connectivity index (χ4v) is 2.13. The van der Waals surface area contributed by atoms with Crippen molar-refractivity contribution in [3.05, 3.63) is 29.8 Å². The zero-order valence-electron chi connectivity index (χ0n) is 9.73. The molecule has 0 atom stereocenters. The Hall–Kier alpha value is -1.75.